The lowest BCUT2D eigenvalue weighted by Crippen LogP contribution is -2.21. The summed E-state index contributed by atoms with van der Waals surface area (Å²) in [5.41, 5.74) is 4.54. The van der Waals surface area contributed by atoms with Crippen molar-refractivity contribution < 1.29 is 9.18 Å². The lowest BCUT2D eigenvalue weighted by Gasteiger charge is -2.10. The highest BCUT2D eigenvalue weighted by Crippen LogP contribution is 2.10. The number of carbonyl (C=O) groups excluding carboxylic acids is 1. The number of hydrogen-bond acceptors (Lipinski definition) is 2. The zero-order valence-corrected chi connectivity index (χ0v) is 12.7. The average Bonchev–Trinajstić information content (AvgIpc) is 2.51. The molecule has 0 aliphatic heterocycles. The highest BCUT2D eigenvalue weighted by Gasteiger charge is 2.09. The number of hydrogen-bond donors (Lipinski definition) is 1. The van der Waals surface area contributed by atoms with Crippen LogP contribution in [0.2, 0.25) is 0 Å². The van der Waals surface area contributed by atoms with Crippen LogP contribution in [0.3, 0.4) is 0 Å². The van der Waals surface area contributed by atoms with E-state index in [9.17, 15) is 9.18 Å². The van der Waals surface area contributed by atoms with E-state index in [1.165, 1.54) is 18.2 Å². The van der Waals surface area contributed by atoms with Crippen LogP contribution in [-0.2, 0) is 0 Å². The number of benzene rings is 2. The molecule has 0 aliphatic carbocycles. The van der Waals surface area contributed by atoms with Gasteiger partial charge in [0.2, 0.25) is 0 Å². The second kappa shape index (κ2) is 7.50. The molecule has 0 radical (unpaired) electrons. The van der Waals surface area contributed by atoms with Gasteiger partial charge in [0.1, 0.15) is 5.82 Å². The number of halogens is 1. The SMILES string of the molecule is CC(C)C/C(=N\NC(=O)c1cccc(F)c1)c1ccccc1. The molecule has 0 unspecified atom stereocenters. The molecule has 0 saturated heterocycles. The number of carbonyl (C=O) groups is 1. The van der Waals surface area contributed by atoms with Crippen LogP contribution in [0.5, 0.6) is 0 Å². The van der Waals surface area contributed by atoms with Crippen LogP contribution in [0, 0.1) is 11.7 Å². The molecule has 0 aromatic heterocycles. The molecule has 0 fully saturated rings. The molecule has 0 aliphatic rings. The van der Waals surface area contributed by atoms with Crippen LogP contribution in [0.25, 0.3) is 0 Å². The number of rotatable bonds is 5. The summed E-state index contributed by atoms with van der Waals surface area (Å²) in [6, 6.07) is 15.2. The third kappa shape index (κ3) is 4.52. The number of nitrogens with one attached hydrogen (secondary N) is 1. The minimum absolute atomic E-state index is 0.251. The Bertz CT molecular complexity index is 666. The molecule has 0 spiro atoms. The second-order valence-corrected chi connectivity index (χ2v) is 5.47. The lowest BCUT2D eigenvalue weighted by molar-refractivity contribution is 0.0954. The van der Waals surface area contributed by atoms with Crippen molar-refractivity contribution >= 4 is 11.6 Å². The lowest BCUT2D eigenvalue weighted by atomic mass is 10.0. The Morgan fingerprint density at radius 2 is 1.77 bits per heavy atom. The van der Waals surface area contributed by atoms with Gasteiger partial charge < -0.3 is 0 Å². The minimum atomic E-state index is -0.443. The van der Waals surface area contributed by atoms with Crippen molar-refractivity contribution in [3.63, 3.8) is 0 Å². The molecule has 0 bridgehead atoms. The fourth-order valence-electron chi connectivity index (χ4n) is 2.06. The van der Waals surface area contributed by atoms with Crippen LogP contribution in [0.15, 0.2) is 59.7 Å². The van der Waals surface area contributed by atoms with Gasteiger partial charge in [0.05, 0.1) is 5.71 Å². The van der Waals surface area contributed by atoms with Gasteiger partial charge in [0.25, 0.3) is 5.91 Å². The second-order valence-electron chi connectivity index (χ2n) is 5.47. The largest absolute Gasteiger partial charge is 0.271 e. The van der Waals surface area contributed by atoms with E-state index in [1.807, 2.05) is 30.3 Å². The number of nitrogens with zero attached hydrogens (tertiary/aromatic N) is 1. The summed E-state index contributed by atoms with van der Waals surface area (Å²) >= 11 is 0. The average molecular weight is 298 g/mol. The van der Waals surface area contributed by atoms with Gasteiger partial charge in [0.15, 0.2) is 0 Å². The van der Waals surface area contributed by atoms with E-state index in [1.54, 1.807) is 6.07 Å². The van der Waals surface area contributed by atoms with Gasteiger partial charge in [-0.05, 0) is 36.1 Å². The fraction of sp³-hybridized carbons (Fsp3) is 0.222. The van der Waals surface area contributed by atoms with Crippen molar-refractivity contribution in [1.29, 1.82) is 0 Å². The topological polar surface area (TPSA) is 41.5 Å². The van der Waals surface area contributed by atoms with Crippen molar-refractivity contribution in [1.82, 2.24) is 5.43 Å². The monoisotopic (exact) mass is 298 g/mol. The first kappa shape index (κ1) is 15.9. The standard InChI is InChI=1S/C18H19FN2O/c1-13(2)11-17(14-7-4-3-5-8-14)20-21-18(22)15-9-6-10-16(19)12-15/h3-10,12-13H,11H2,1-2H3,(H,21,22)/b20-17+. The Labute approximate surface area is 129 Å². The summed E-state index contributed by atoms with van der Waals surface area (Å²) in [5, 5.41) is 4.23. The molecule has 2 aromatic rings. The molecule has 0 heterocycles. The smallest absolute Gasteiger partial charge is 0.267 e. The molecule has 0 saturated carbocycles. The van der Waals surface area contributed by atoms with Crippen LogP contribution in [0.4, 0.5) is 4.39 Å². The summed E-state index contributed by atoms with van der Waals surface area (Å²) in [4.78, 5) is 12.0. The summed E-state index contributed by atoms with van der Waals surface area (Å²) in [5.74, 6) is -0.455. The Balaban J connectivity index is 2.18. The van der Waals surface area contributed by atoms with Crippen LogP contribution < -0.4 is 5.43 Å². The summed E-state index contributed by atoms with van der Waals surface area (Å²) in [7, 11) is 0. The molecule has 2 rings (SSSR count). The predicted molar refractivity (Wildman–Crippen MR) is 86.3 cm³/mol. The van der Waals surface area contributed by atoms with E-state index in [4.69, 9.17) is 0 Å². The zero-order chi connectivity index (χ0) is 15.9. The van der Waals surface area contributed by atoms with Gasteiger partial charge in [-0.15, -0.1) is 0 Å². The predicted octanol–water partition coefficient (Wildman–Crippen LogP) is 4.01. The highest BCUT2D eigenvalue weighted by molar-refractivity contribution is 6.02. The molecule has 2 aromatic carbocycles. The molecule has 22 heavy (non-hydrogen) atoms. The normalized spacial score (nSPS) is 11.5. The van der Waals surface area contributed by atoms with Gasteiger partial charge in [-0.25, -0.2) is 9.82 Å². The molecular formula is C18H19FN2O. The Kier molecular flexibility index (Phi) is 5.42. The first-order valence-electron chi connectivity index (χ1n) is 7.24. The van der Waals surface area contributed by atoms with Crippen molar-refractivity contribution in [2.75, 3.05) is 0 Å². The van der Waals surface area contributed by atoms with Crippen molar-refractivity contribution in [3.05, 3.63) is 71.5 Å². The van der Waals surface area contributed by atoms with Crippen molar-refractivity contribution in [3.8, 4) is 0 Å². The quantitative estimate of drug-likeness (QED) is 0.657. The first-order chi connectivity index (χ1) is 10.6. The Morgan fingerprint density at radius 3 is 2.41 bits per heavy atom. The molecule has 4 heteroatoms. The van der Waals surface area contributed by atoms with E-state index >= 15 is 0 Å². The third-order valence-electron chi connectivity index (χ3n) is 3.09. The van der Waals surface area contributed by atoms with Gasteiger partial charge in [0, 0.05) is 5.56 Å². The maximum atomic E-state index is 13.1. The van der Waals surface area contributed by atoms with Crippen LogP contribution in [0.1, 0.15) is 36.2 Å². The van der Waals surface area contributed by atoms with E-state index < -0.39 is 11.7 Å². The molecule has 1 amide bonds. The first-order valence-corrected chi connectivity index (χ1v) is 7.24. The maximum Gasteiger partial charge on any atom is 0.271 e. The van der Waals surface area contributed by atoms with E-state index in [0.29, 0.717) is 5.92 Å². The molecule has 114 valence electrons. The van der Waals surface area contributed by atoms with Crippen LogP contribution >= 0.6 is 0 Å². The Hall–Kier alpha value is -2.49. The van der Waals surface area contributed by atoms with Crippen LogP contribution in [-0.4, -0.2) is 11.6 Å². The third-order valence-corrected chi connectivity index (χ3v) is 3.09. The minimum Gasteiger partial charge on any atom is -0.267 e. The summed E-state index contributed by atoms with van der Waals surface area (Å²) < 4.78 is 13.1. The van der Waals surface area contributed by atoms with E-state index in [-0.39, 0.29) is 5.56 Å². The van der Waals surface area contributed by atoms with Gasteiger partial charge in [-0.3, -0.25) is 4.79 Å². The van der Waals surface area contributed by atoms with Crippen molar-refractivity contribution in [2.24, 2.45) is 11.0 Å². The van der Waals surface area contributed by atoms with Gasteiger partial charge in [-0.1, -0.05) is 50.2 Å². The summed E-state index contributed by atoms with van der Waals surface area (Å²) in [6.45, 7) is 4.18. The van der Waals surface area contributed by atoms with Crippen molar-refractivity contribution in [2.45, 2.75) is 20.3 Å². The molecular weight excluding hydrogens is 279 g/mol. The van der Waals surface area contributed by atoms with Gasteiger partial charge >= 0.3 is 0 Å². The zero-order valence-electron chi connectivity index (χ0n) is 12.7. The molecule has 0 atom stereocenters. The number of hydrazone groups is 1. The van der Waals surface area contributed by atoms with E-state index in [0.717, 1.165) is 17.7 Å². The molecule has 3 nitrogen and oxygen atoms in total. The number of amides is 1. The fourth-order valence-corrected chi connectivity index (χ4v) is 2.06. The maximum absolute atomic E-state index is 13.1. The highest BCUT2D eigenvalue weighted by atomic mass is 19.1. The summed E-state index contributed by atoms with van der Waals surface area (Å²) in [6.07, 6.45) is 0.743. The van der Waals surface area contributed by atoms with Gasteiger partial charge in [-0.2, -0.15) is 5.10 Å². The molecule has 1 N–H and O–H groups in total. The Morgan fingerprint density at radius 1 is 1.09 bits per heavy atom. The van der Waals surface area contributed by atoms with E-state index in [2.05, 4.69) is 24.4 Å².